The fraction of sp³-hybridized carbons (Fsp3) is 0.308. The number of ether oxygens (including phenoxy) is 1. The summed E-state index contributed by atoms with van der Waals surface area (Å²) >= 11 is 10.5. The Bertz CT molecular complexity index is 617. The SMILES string of the molecule is CCn1nc(C)c(Br)c1COc1c(Br)cc(N)cc1Br. The van der Waals surface area contributed by atoms with Crippen LogP contribution in [0, 0.1) is 6.92 Å². The van der Waals surface area contributed by atoms with E-state index in [0.29, 0.717) is 12.3 Å². The van der Waals surface area contributed by atoms with E-state index in [4.69, 9.17) is 10.5 Å². The lowest BCUT2D eigenvalue weighted by Crippen LogP contribution is -2.07. The minimum Gasteiger partial charge on any atom is -0.485 e. The molecule has 2 aromatic rings. The largest absolute Gasteiger partial charge is 0.485 e. The zero-order chi connectivity index (χ0) is 14.9. The van der Waals surface area contributed by atoms with Crippen molar-refractivity contribution in [3.63, 3.8) is 0 Å². The lowest BCUT2D eigenvalue weighted by Gasteiger charge is -2.12. The van der Waals surface area contributed by atoms with Gasteiger partial charge in [-0.1, -0.05) is 0 Å². The fourth-order valence-corrected chi connectivity index (χ4v) is 3.71. The van der Waals surface area contributed by atoms with Crippen molar-refractivity contribution in [3.8, 4) is 5.75 Å². The number of nitrogens with zero attached hydrogens (tertiary/aromatic N) is 2. The van der Waals surface area contributed by atoms with Crippen molar-refractivity contribution < 1.29 is 4.74 Å². The van der Waals surface area contributed by atoms with Gasteiger partial charge in [-0.05, 0) is 73.8 Å². The zero-order valence-corrected chi connectivity index (χ0v) is 15.8. The molecular formula is C13H14Br3N3O. The van der Waals surface area contributed by atoms with E-state index in [1.54, 1.807) is 0 Å². The predicted molar refractivity (Wildman–Crippen MR) is 90.9 cm³/mol. The van der Waals surface area contributed by atoms with Gasteiger partial charge in [0.25, 0.3) is 0 Å². The van der Waals surface area contributed by atoms with E-state index in [0.717, 1.165) is 37.1 Å². The topological polar surface area (TPSA) is 53.1 Å². The van der Waals surface area contributed by atoms with Gasteiger partial charge in [-0.3, -0.25) is 4.68 Å². The maximum atomic E-state index is 5.91. The summed E-state index contributed by atoms with van der Waals surface area (Å²) in [6.07, 6.45) is 0. The van der Waals surface area contributed by atoms with Crippen LogP contribution in [0.3, 0.4) is 0 Å². The van der Waals surface area contributed by atoms with E-state index in [9.17, 15) is 0 Å². The maximum Gasteiger partial charge on any atom is 0.148 e. The second-order valence-electron chi connectivity index (χ2n) is 4.26. The van der Waals surface area contributed by atoms with E-state index in [-0.39, 0.29) is 0 Å². The number of nitrogens with two attached hydrogens (primary N) is 1. The van der Waals surface area contributed by atoms with Gasteiger partial charge in [0.1, 0.15) is 12.4 Å². The highest BCUT2D eigenvalue weighted by Gasteiger charge is 2.14. The summed E-state index contributed by atoms with van der Waals surface area (Å²) in [5, 5.41) is 4.45. The number of aromatic nitrogens is 2. The van der Waals surface area contributed by atoms with Crippen LogP contribution in [0.4, 0.5) is 5.69 Å². The Labute approximate surface area is 143 Å². The number of hydrogen-bond donors (Lipinski definition) is 1. The third-order valence-electron chi connectivity index (χ3n) is 2.83. The number of benzene rings is 1. The quantitative estimate of drug-likeness (QED) is 0.665. The number of nitrogen functional groups attached to an aromatic ring is 1. The van der Waals surface area contributed by atoms with Gasteiger partial charge in [0.2, 0.25) is 0 Å². The van der Waals surface area contributed by atoms with Crippen LogP contribution in [0.5, 0.6) is 5.75 Å². The Kier molecular flexibility index (Phi) is 5.14. The van der Waals surface area contributed by atoms with E-state index in [1.165, 1.54) is 0 Å². The van der Waals surface area contributed by atoms with Gasteiger partial charge in [0.05, 0.1) is 24.8 Å². The minimum atomic E-state index is 0.427. The summed E-state index contributed by atoms with van der Waals surface area (Å²) in [6, 6.07) is 3.63. The van der Waals surface area contributed by atoms with Gasteiger partial charge in [0.15, 0.2) is 0 Å². The van der Waals surface area contributed by atoms with Crippen molar-refractivity contribution in [2.45, 2.75) is 27.0 Å². The summed E-state index contributed by atoms with van der Waals surface area (Å²) in [7, 11) is 0. The van der Waals surface area contributed by atoms with E-state index >= 15 is 0 Å². The van der Waals surface area contributed by atoms with Crippen molar-refractivity contribution in [2.75, 3.05) is 5.73 Å². The lowest BCUT2D eigenvalue weighted by atomic mass is 10.3. The molecule has 0 radical (unpaired) electrons. The average Bonchev–Trinajstić information content (AvgIpc) is 2.64. The number of rotatable bonds is 4. The van der Waals surface area contributed by atoms with E-state index in [1.807, 2.05) is 23.7 Å². The molecule has 2 rings (SSSR count). The molecule has 0 atom stereocenters. The van der Waals surface area contributed by atoms with Gasteiger partial charge in [-0.2, -0.15) is 5.10 Å². The Balaban J connectivity index is 2.26. The Hall–Kier alpha value is -0.530. The molecule has 108 valence electrons. The highest BCUT2D eigenvalue weighted by molar-refractivity contribution is 9.11. The van der Waals surface area contributed by atoms with Crippen LogP contribution in [0.2, 0.25) is 0 Å². The lowest BCUT2D eigenvalue weighted by molar-refractivity contribution is 0.288. The van der Waals surface area contributed by atoms with Crippen LogP contribution in [0.15, 0.2) is 25.6 Å². The van der Waals surface area contributed by atoms with Gasteiger partial charge in [-0.25, -0.2) is 0 Å². The summed E-state index contributed by atoms with van der Waals surface area (Å²) in [5.74, 6) is 0.729. The van der Waals surface area contributed by atoms with Crippen molar-refractivity contribution >= 4 is 53.5 Å². The Morgan fingerprint density at radius 1 is 1.25 bits per heavy atom. The van der Waals surface area contributed by atoms with E-state index in [2.05, 4.69) is 59.8 Å². The molecular weight excluding hydrogens is 454 g/mol. The molecule has 7 heteroatoms. The normalized spacial score (nSPS) is 10.8. The molecule has 0 spiro atoms. The molecule has 0 fully saturated rings. The molecule has 4 nitrogen and oxygen atoms in total. The molecule has 0 aliphatic carbocycles. The first-order valence-corrected chi connectivity index (χ1v) is 8.41. The van der Waals surface area contributed by atoms with Crippen LogP contribution < -0.4 is 10.5 Å². The number of hydrogen-bond acceptors (Lipinski definition) is 3. The van der Waals surface area contributed by atoms with Crippen molar-refractivity contribution in [2.24, 2.45) is 0 Å². The Morgan fingerprint density at radius 2 is 1.85 bits per heavy atom. The molecule has 0 amide bonds. The van der Waals surface area contributed by atoms with Crippen LogP contribution in [-0.2, 0) is 13.2 Å². The molecule has 0 aliphatic rings. The molecule has 0 saturated heterocycles. The van der Waals surface area contributed by atoms with Crippen LogP contribution in [-0.4, -0.2) is 9.78 Å². The van der Waals surface area contributed by atoms with Crippen molar-refractivity contribution in [1.82, 2.24) is 9.78 Å². The second-order valence-corrected chi connectivity index (χ2v) is 6.77. The summed E-state index contributed by atoms with van der Waals surface area (Å²) < 4.78 is 10.5. The third-order valence-corrected chi connectivity index (χ3v) is 5.04. The molecule has 0 unspecified atom stereocenters. The van der Waals surface area contributed by atoms with Crippen molar-refractivity contribution in [3.05, 3.63) is 36.9 Å². The van der Waals surface area contributed by atoms with Crippen LogP contribution in [0.1, 0.15) is 18.3 Å². The van der Waals surface area contributed by atoms with Gasteiger partial charge >= 0.3 is 0 Å². The standard InChI is InChI=1S/C13H14Br3N3O/c1-3-19-11(12(16)7(2)18-19)6-20-13-9(14)4-8(17)5-10(13)15/h4-5H,3,6,17H2,1-2H3. The van der Waals surface area contributed by atoms with Crippen LogP contribution >= 0.6 is 47.8 Å². The second kappa shape index (κ2) is 6.49. The van der Waals surface area contributed by atoms with Crippen LogP contribution in [0.25, 0.3) is 0 Å². The first kappa shape index (κ1) is 15.9. The molecule has 1 aromatic heterocycles. The fourth-order valence-electron chi connectivity index (χ4n) is 1.86. The monoisotopic (exact) mass is 465 g/mol. The average molecular weight is 468 g/mol. The van der Waals surface area contributed by atoms with Gasteiger partial charge in [-0.15, -0.1) is 0 Å². The number of aryl methyl sites for hydroxylation is 2. The minimum absolute atomic E-state index is 0.427. The van der Waals surface area contributed by atoms with Gasteiger partial charge in [0, 0.05) is 12.2 Å². The molecule has 0 aliphatic heterocycles. The Morgan fingerprint density at radius 3 is 2.40 bits per heavy atom. The highest BCUT2D eigenvalue weighted by Crippen LogP contribution is 2.36. The number of halogens is 3. The number of anilines is 1. The molecule has 20 heavy (non-hydrogen) atoms. The summed E-state index contributed by atoms with van der Waals surface area (Å²) in [4.78, 5) is 0. The summed E-state index contributed by atoms with van der Waals surface area (Å²) in [5.41, 5.74) is 8.42. The molecule has 1 aromatic carbocycles. The molecule has 1 heterocycles. The predicted octanol–water partition coefficient (Wildman–Crippen LogP) is 4.66. The zero-order valence-electron chi connectivity index (χ0n) is 11.1. The molecule has 0 bridgehead atoms. The van der Waals surface area contributed by atoms with Crippen molar-refractivity contribution in [1.29, 1.82) is 0 Å². The van der Waals surface area contributed by atoms with Gasteiger partial charge < -0.3 is 10.5 Å². The first-order valence-electron chi connectivity index (χ1n) is 6.03. The highest BCUT2D eigenvalue weighted by atomic mass is 79.9. The maximum absolute atomic E-state index is 5.91. The molecule has 0 saturated carbocycles. The first-order chi connectivity index (χ1) is 9.43. The molecule has 2 N–H and O–H groups in total. The van der Waals surface area contributed by atoms with E-state index < -0.39 is 0 Å². The smallest absolute Gasteiger partial charge is 0.148 e. The third kappa shape index (κ3) is 3.20. The summed E-state index contributed by atoms with van der Waals surface area (Å²) in [6.45, 7) is 5.25.